The van der Waals surface area contributed by atoms with Crippen molar-refractivity contribution in [1.29, 1.82) is 5.41 Å². The van der Waals surface area contributed by atoms with Gasteiger partial charge in [0.2, 0.25) is 0 Å². The van der Waals surface area contributed by atoms with Crippen molar-refractivity contribution in [3.05, 3.63) is 35.3 Å². The molecule has 1 aromatic carbocycles. The number of hydrogen-bond donors (Lipinski definition) is 3. The second kappa shape index (κ2) is 5.46. The predicted molar refractivity (Wildman–Crippen MR) is 88.2 cm³/mol. The fraction of sp³-hybridized carbons (Fsp3) is 0.375. The molecule has 3 N–H and O–H groups in total. The highest BCUT2D eigenvalue weighted by molar-refractivity contribution is 6.23. The molecule has 1 aliphatic heterocycles. The number of nitrogens with one attached hydrogen (secondary N) is 2. The number of nitrogens with zero attached hydrogens (tertiary/aromatic N) is 3. The Bertz CT molecular complexity index is 759. The third-order valence-corrected chi connectivity index (χ3v) is 3.87. The second-order valence-electron chi connectivity index (χ2n) is 6.00. The molecule has 0 saturated heterocycles. The van der Waals surface area contributed by atoms with Gasteiger partial charge in [-0.3, -0.25) is 5.41 Å². The topological polar surface area (TPSA) is 79.2 Å². The summed E-state index contributed by atoms with van der Waals surface area (Å²) in [4.78, 5) is 11.7. The Balaban J connectivity index is 1.89. The number of fused-ring (bicyclic) bond motifs is 1. The maximum absolute atomic E-state index is 10.3. The first-order valence-electron chi connectivity index (χ1n) is 7.33. The summed E-state index contributed by atoms with van der Waals surface area (Å²) in [7, 11) is 3.99. The van der Waals surface area contributed by atoms with E-state index in [1.54, 1.807) is 0 Å². The minimum Gasteiger partial charge on any atom is -0.510 e. The van der Waals surface area contributed by atoms with E-state index in [1.165, 1.54) is 0 Å². The molecule has 0 atom stereocenters. The monoisotopic (exact) mass is 299 g/mol. The molecule has 0 aliphatic carbocycles. The van der Waals surface area contributed by atoms with Crippen LogP contribution < -0.4 is 0 Å². The average Bonchev–Trinajstić information content (AvgIpc) is 2.96. The first kappa shape index (κ1) is 14.6. The molecule has 116 valence electrons. The number of aromatic amines is 1. The van der Waals surface area contributed by atoms with Crippen LogP contribution in [0, 0.1) is 12.3 Å². The third-order valence-electron chi connectivity index (χ3n) is 3.87. The SMILES string of the molecule is Cc1ccc2nc(C3=C(O)CN(CCN(C)C)C3=N)[nH]c2c1. The lowest BCUT2D eigenvalue weighted by Gasteiger charge is -2.20. The van der Waals surface area contributed by atoms with Crippen LogP contribution >= 0.6 is 0 Å². The third kappa shape index (κ3) is 2.57. The predicted octanol–water partition coefficient (Wildman–Crippen LogP) is 1.99. The lowest BCUT2D eigenvalue weighted by Crippen LogP contribution is -2.33. The molecule has 6 heteroatoms. The van der Waals surface area contributed by atoms with Gasteiger partial charge in [-0.2, -0.15) is 0 Å². The van der Waals surface area contributed by atoms with Gasteiger partial charge in [-0.25, -0.2) is 4.98 Å². The van der Waals surface area contributed by atoms with Gasteiger partial charge in [-0.1, -0.05) is 6.07 Å². The Kier molecular flexibility index (Phi) is 3.62. The summed E-state index contributed by atoms with van der Waals surface area (Å²) >= 11 is 0. The Morgan fingerprint density at radius 2 is 2.18 bits per heavy atom. The molecule has 0 fully saturated rings. The van der Waals surface area contributed by atoms with Gasteiger partial charge in [0.15, 0.2) is 0 Å². The molecular formula is C16H21N5O. The summed E-state index contributed by atoms with van der Waals surface area (Å²) in [5, 5.41) is 18.6. The quantitative estimate of drug-likeness (QED) is 0.806. The van der Waals surface area contributed by atoms with Crippen LogP contribution in [0.15, 0.2) is 24.0 Å². The van der Waals surface area contributed by atoms with Crippen LogP contribution in [-0.2, 0) is 0 Å². The van der Waals surface area contributed by atoms with E-state index in [1.807, 2.05) is 44.1 Å². The minimum absolute atomic E-state index is 0.208. The van der Waals surface area contributed by atoms with Crippen molar-refractivity contribution in [1.82, 2.24) is 19.8 Å². The van der Waals surface area contributed by atoms with Gasteiger partial charge in [-0.15, -0.1) is 0 Å². The molecule has 0 spiro atoms. The van der Waals surface area contributed by atoms with Crippen molar-refractivity contribution in [2.45, 2.75) is 6.92 Å². The Morgan fingerprint density at radius 3 is 2.91 bits per heavy atom. The van der Waals surface area contributed by atoms with E-state index in [9.17, 15) is 5.11 Å². The largest absolute Gasteiger partial charge is 0.510 e. The lowest BCUT2D eigenvalue weighted by molar-refractivity contribution is 0.313. The van der Waals surface area contributed by atoms with Crippen molar-refractivity contribution in [3.63, 3.8) is 0 Å². The summed E-state index contributed by atoms with van der Waals surface area (Å²) in [6.07, 6.45) is 0. The summed E-state index contributed by atoms with van der Waals surface area (Å²) < 4.78 is 0. The number of H-pyrrole nitrogens is 1. The maximum atomic E-state index is 10.3. The van der Waals surface area contributed by atoms with Gasteiger partial charge in [0.1, 0.15) is 17.4 Å². The van der Waals surface area contributed by atoms with Crippen molar-refractivity contribution in [2.24, 2.45) is 0 Å². The Labute approximate surface area is 129 Å². The van der Waals surface area contributed by atoms with Crippen LogP contribution in [0.4, 0.5) is 0 Å². The van der Waals surface area contributed by atoms with Gasteiger partial charge >= 0.3 is 0 Å². The fourth-order valence-electron chi connectivity index (χ4n) is 2.64. The van der Waals surface area contributed by atoms with Crippen molar-refractivity contribution >= 4 is 22.4 Å². The van der Waals surface area contributed by atoms with Crippen LogP contribution in [0.2, 0.25) is 0 Å². The average molecular weight is 299 g/mol. The molecular weight excluding hydrogens is 278 g/mol. The van der Waals surface area contributed by atoms with Gasteiger partial charge in [0.25, 0.3) is 0 Å². The van der Waals surface area contributed by atoms with Crippen LogP contribution in [0.5, 0.6) is 0 Å². The highest BCUT2D eigenvalue weighted by Crippen LogP contribution is 2.27. The molecule has 0 radical (unpaired) electrons. The van der Waals surface area contributed by atoms with Crippen molar-refractivity contribution in [3.8, 4) is 0 Å². The van der Waals surface area contributed by atoms with Crippen LogP contribution in [0.25, 0.3) is 16.6 Å². The maximum Gasteiger partial charge on any atom is 0.145 e. The van der Waals surface area contributed by atoms with E-state index in [2.05, 4.69) is 14.9 Å². The summed E-state index contributed by atoms with van der Waals surface area (Å²) in [5.41, 5.74) is 3.43. The number of hydrogen-bond acceptors (Lipinski definition) is 4. The van der Waals surface area contributed by atoms with Crippen molar-refractivity contribution in [2.75, 3.05) is 33.7 Å². The number of amidine groups is 1. The number of aryl methyl sites for hydroxylation is 1. The number of imidazole rings is 1. The number of aliphatic hydroxyl groups excluding tert-OH is 1. The molecule has 0 bridgehead atoms. The normalized spacial score (nSPS) is 15.6. The van der Waals surface area contributed by atoms with Crippen LogP contribution in [0.3, 0.4) is 0 Å². The number of likely N-dealkylation sites (N-methyl/N-ethyl adjacent to an activating group) is 1. The number of aromatic nitrogens is 2. The summed E-state index contributed by atoms with van der Waals surface area (Å²) in [5.74, 6) is 1.10. The standard InChI is InChI=1S/C16H21N5O/c1-10-4-5-11-12(8-10)19-16(18-11)14-13(22)9-21(15(14)17)7-6-20(2)3/h4-5,8,17,22H,6-7,9H2,1-3H3,(H,18,19). The van der Waals surface area contributed by atoms with Gasteiger partial charge < -0.3 is 19.9 Å². The molecule has 2 heterocycles. The van der Waals surface area contributed by atoms with Gasteiger partial charge in [-0.05, 0) is 38.7 Å². The Morgan fingerprint density at radius 1 is 1.41 bits per heavy atom. The van der Waals surface area contributed by atoms with E-state index in [0.29, 0.717) is 30.3 Å². The van der Waals surface area contributed by atoms with Gasteiger partial charge in [0.05, 0.1) is 23.2 Å². The molecule has 6 nitrogen and oxygen atoms in total. The summed E-state index contributed by atoms with van der Waals surface area (Å²) in [6, 6.07) is 5.97. The van der Waals surface area contributed by atoms with Crippen LogP contribution in [0.1, 0.15) is 11.4 Å². The molecule has 1 aromatic heterocycles. The highest BCUT2D eigenvalue weighted by atomic mass is 16.3. The fourth-order valence-corrected chi connectivity index (χ4v) is 2.64. The van der Waals surface area contributed by atoms with E-state index >= 15 is 0 Å². The smallest absolute Gasteiger partial charge is 0.145 e. The van der Waals surface area contributed by atoms with E-state index in [0.717, 1.165) is 23.1 Å². The number of aliphatic hydroxyl groups is 1. The minimum atomic E-state index is 0.208. The zero-order chi connectivity index (χ0) is 15.9. The highest BCUT2D eigenvalue weighted by Gasteiger charge is 2.30. The van der Waals surface area contributed by atoms with E-state index in [-0.39, 0.29) is 5.76 Å². The van der Waals surface area contributed by atoms with E-state index < -0.39 is 0 Å². The van der Waals surface area contributed by atoms with Crippen molar-refractivity contribution < 1.29 is 5.11 Å². The number of rotatable bonds is 4. The molecule has 2 aromatic rings. The lowest BCUT2D eigenvalue weighted by atomic mass is 10.2. The van der Waals surface area contributed by atoms with Crippen LogP contribution in [-0.4, -0.2) is 64.4 Å². The molecule has 0 amide bonds. The molecule has 22 heavy (non-hydrogen) atoms. The zero-order valence-corrected chi connectivity index (χ0v) is 13.1. The first-order valence-corrected chi connectivity index (χ1v) is 7.33. The zero-order valence-electron chi connectivity index (χ0n) is 13.1. The molecule has 1 aliphatic rings. The second-order valence-corrected chi connectivity index (χ2v) is 6.00. The first-order chi connectivity index (χ1) is 10.5. The molecule has 3 rings (SSSR count). The summed E-state index contributed by atoms with van der Waals surface area (Å²) in [6.45, 7) is 3.94. The number of benzene rings is 1. The Hall–Kier alpha value is -2.34. The molecule has 0 saturated carbocycles. The van der Waals surface area contributed by atoms with E-state index in [4.69, 9.17) is 5.41 Å². The van der Waals surface area contributed by atoms with Gasteiger partial charge in [0, 0.05) is 13.1 Å². The molecule has 0 unspecified atom stereocenters.